The van der Waals surface area contributed by atoms with Gasteiger partial charge in [-0.25, -0.2) is 0 Å². The van der Waals surface area contributed by atoms with E-state index in [0.717, 1.165) is 13.0 Å². The summed E-state index contributed by atoms with van der Waals surface area (Å²) >= 11 is 1.82. The average Bonchev–Trinajstić information content (AvgIpc) is 3.00. The number of aromatic nitrogens is 2. The number of nitrogens with zero attached hydrogens (tertiary/aromatic N) is 2. The number of ether oxygens (including phenoxy) is 1. The molecule has 2 heterocycles. The Morgan fingerprint density at radius 2 is 1.64 bits per heavy atom. The highest BCUT2D eigenvalue weighted by Crippen LogP contribution is 2.47. The molecular formula is C20H21N3OS. The van der Waals surface area contributed by atoms with Crippen molar-refractivity contribution in [2.45, 2.75) is 22.8 Å². The molecule has 0 saturated carbocycles. The molecule has 0 aliphatic carbocycles. The summed E-state index contributed by atoms with van der Waals surface area (Å²) in [6, 6.07) is 17.1. The van der Waals surface area contributed by atoms with Gasteiger partial charge in [0.2, 0.25) is 0 Å². The Bertz CT molecular complexity index is 875. The molecule has 1 aromatic heterocycles. The largest absolute Gasteiger partial charge is 0.379 e. The zero-order valence-corrected chi connectivity index (χ0v) is 14.8. The van der Waals surface area contributed by atoms with Gasteiger partial charge in [-0.2, -0.15) is 5.10 Å². The normalized spacial score (nSPS) is 12.2. The van der Waals surface area contributed by atoms with Crippen molar-refractivity contribution in [1.29, 1.82) is 0 Å². The highest BCUT2D eigenvalue weighted by Gasteiger charge is 2.23. The van der Waals surface area contributed by atoms with Gasteiger partial charge in [-0.3, -0.25) is 4.68 Å². The monoisotopic (exact) mass is 351 g/mol. The van der Waals surface area contributed by atoms with Crippen LogP contribution in [-0.2, 0) is 11.3 Å². The van der Waals surface area contributed by atoms with E-state index in [0.29, 0.717) is 19.8 Å². The van der Waals surface area contributed by atoms with Crippen molar-refractivity contribution in [3.63, 3.8) is 0 Å². The predicted molar refractivity (Wildman–Crippen MR) is 102 cm³/mol. The third-order valence-corrected chi connectivity index (χ3v) is 5.47. The maximum atomic E-state index is 5.68. The Morgan fingerprint density at radius 1 is 0.920 bits per heavy atom. The first-order valence-corrected chi connectivity index (χ1v) is 9.40. The van der Waals surface area contributed by atoms with Gasteiger partial charge in [0.05, 0.1) is 25.0 Å². The lowest BCUT2D eigenvalue weighted by Gasteiger charge is -2.11. The van der Waals surface area contributed by atoms with Crippen molar-refractivity contribution >= 4 is 11.8 Å². The number of hydrogen-bond donors (Lipinski definition) is 1. The molecule has 0 bridgehead atoms. The molecule has 0 unspecified atom stereocenters. The minimum Gasteiger partial charge on any atom is -0.379 e. The van der Waals surface area contributed by atoms with Crippen molar-refractivity contribution in [2.24, 2.45) is 5.73 Å². The molecule has 0 radical (unpaired) electrons. The second-order valence-corrected chi connectivity index (χ2v) is 7.06. The van der Waals surface area contributed by atoms with E-state index in [9.17, 15) is 0 Å². The van der Waals surface area contributed by atoms with Gasteiger partial charge in [0.25, 0.3) is 0 Å². The van der Waals surface area contributed by atoms with Crippen LogP contribution in [0.5, 0.6) is 0 Å². The lowest BCUT2D eigenvalue weighted by Crippen LogP contribution is -2.11. The van der Waals surface area contributed by atoms with Crippen molar-refractivity contribution in [3.8, 4) is 22.4 Å². The van der Waals surface area contributed by atoms with E-state index in [1.807, 2.05) is 18.0 Å². The van der Waals surface area contributed by atoms with E-state index in [-0.39, 0.29) is 0 Å². The number of nitrogens with two attached hydrogens (primary N) is 1. The molecule has 1 aliphatic rings. The maximum Gasteiger partial charge on any atom is 0.0773 e. The van der Waals surface area contributed by atoms with Crippen LogP contribution in [0.1, 0.15) is 6.42 Å². The van der Waals surface area contributed by atoms with Crippen LogP contribution < -0.4 is 5.73 Å². The summed E-state index contributed by atoms with van der Waals surface area (Å²) in [6.45, 7) is 2.75. The molecule has 0 saturated heterocycles. The van der Waals surface area contributed by atoms with Gasteiger partial charge in [0.15, 0.2) is 0 Å². The third-order valence-electron chi connectivity index (χ3n) is 4.32. The highest BCUT2D eigenvalue weighted by molar-refractivity contribution is 7.99. The van der Waals surface area contributed by atoms with Crippen LogP contribution in [0.4, 0.5) is 0 Å². The molecule has 4 nitrogen and oxygen atoms in total. The molecule has 0 atom stereocenters. The second kappa shape index (κ2) is 7.44. The van der Waals surface area contributed by atoms with E-state index < -0.39 is 0 Å². The van der Waals surface area contributed by atoms with Crippen molar-refractivity contribution in [3.05, 3.63) is 54.7 Å². The van der Waals surface area contributed by atoms with Gasteiger partial charge in [-0.05, 0) is 30.7 Å². The first-order chi connectivity index (χ1) is 12.4. The van der Waals surface area contributed by atoms with Crippen LogP contribution in [-0.4, -0.2) is 29.5 Å². The summed E-state index contributed by atoms with van der Waals surface area (Å²) in [5, 5.41) is 4.66. The highest BCUT2D eigenvalue weighted by atomic mass is 32.2. The molecule has 2 aromatic carbocycles. The molecule has 2 N–H and O–H groups in total. The minimum atomic E-state index is 0.644. The maximum absolute atomic E-state index is 5.68. The average molecular weight is 351 g/mol. The molecule has 0 fully saturated rings. The zero-order chi connectivity index (χ0) is 17.1. The summed E-state index contributed by atoms with van der Waals surface area (Å²) in [6.07, 6.45) is 2.88. The standard InChI is InChI=1S/C20H21N3OS/c21-10-5-12-24-13-11-23-20-16-7-2-4-9-19(16)25-18-8-3-1-6-15(18)17(20)14-22-23/h1-4,6-9,14H,5,10-13,21H2. The van der Waals surface area contributed by atoms with Gasteiger partial charge < -0.3 is 10.5 Å². The van der Waals surface area contributed by atoms with Gasteiger partial charge in [-0.1, -0.05) is 48.2 Å². The first-order valence-electron chi connectivity index (χ1n) is 8.59. The molecule has 128 valence electrons. The van der Waals surface area contributed by atoms with Gasteiger partial charge in [-0.15, -0.1) is 0 Å². The smallest absolute Gasteiger partial charge is 0.0773 e. The molecule has 0 amide bonds. The summed E-state index contributed by atoms with van der Waals surface area (Å²) < 4.78 is 7.75. The SMILES string of the molecule is NCCCOCCn1ncc2c1-c1ccccc1Sc1ccccc1-2. The Balaban J connectivity index is 1.73. The molecule has 3 aromatic rings. The fourth-order valence-electron chi connectivity index (χ4n) is 3.12. The number of rotatable bonds is 6. The van der Waals surface area contributed by atoms with Crippen LogP contribution in [0, 0.1) is 0 Å². The van der Waals surface area contributed by atoms with Gasteiger partial charge >= 0.3 is 0 Å². The summed E-state index contributed by atoms with van der Waals surface area (Å²) in [4.78, 5) is 2.53. The molecule has 4 rings (SSSR count). The van der Waals surface area contributed by atoms with Crippen molar-refractivity contribution < 1.29 is 4.74 Å². The Morgan fingerprint density at radius 3 is 2.44 bits per heavy atom. The number of hydrogen-bond acceptors (Lipinski definition) is 4. The minimum absolute atomic E-state index is 0.644. The quantitative estimate of drug-likeness (QED) is 0.533. The second-order valence-electron chi connectivity index (χ2n) is 5.98. The first kappa shape index (κ1) is 16.4. The van der Waals surface area contributed by atoms with E-state index in [2.05, 4.69) is 58.3 Å². The molecule has 0 spiro atoms. The third kappa shape index (κ3) is 3.23. The topological polar surface area (TPSA) is 53.1 Å². The summed E-state index contributed by atoms with van der Waals surface area (Å²) in [5.74, 6) is 0. The van der Waals surface area contributed by atoms with Gasteiger partial charge in [0, 0.05) is 27.5 Å². The van der Waals surface area contributed by atoms with E-state index in [1.165, 1.54) is 32.2 Å². The fourth-order valence-corrected chi connectivity index (χ4v) is 4.22. The van der Waals surface area contributed by atoms with Crippen molar-refractivity contribution in [1.82, 2.24) is 9.78 Å². The van der Waals surface area contributed by atoms with Crippen LogP contribution in [0.25, 0.3) is 22.4 Å². The van der Waals surface area contributed by atoms with E-state index in [1.54, 1.807) is 0 Å². The van der Waals surface area contributed by atoms with Crippen LogP contribution in [0.3, 0.4) is 0 Å². The van der Waals surface area contributed by atoms with Gasteiger partial charge in [0.1, 0.15) is 0 Å². The Hall–Kier alpha value is -2.08. The number of fused-ring (bicyclic) bond motifs is 5. The van der Waals surface area contributed by atoms with E-state index in [4.69, 9.17) is 10.5 Å². The predicted octanol–water partition coefficient (Wildman–Crippen LogP) is 4.05. The summed E-state index contributed by atoms with van der Waals surface area (Å²) in [7, 11) is 0. The number of benzene rings is 2. The Kier molecular flexibility index (Phi) is 4.88. The fraction of sp³-hybridized carbons (Fsp3) is 0.250. The zero-order valence-electron chi connectivity index (χ0n) is 14.0. The van der Waals surface area contributed by atoms with E-state index >= 15 is 0 Å². The van der Waals surface area contributed by atoms with Crippen LogP contribution >= 0.6 is 11.8 Å². The molecular weight excluding hydrogens is 330 g/mol. The van der Waals surface area contributed by atoms with Crippen LogP contribution in [0.15, 0.2) is 64.5 Å². The van der Waals surface area contributed by atoms with Crippen molar-refractivity contribution in [2.75, 3.05) is 19.8 Å². The molecule has 25 heavy (non-hydrogen) atoms. The summed E-state index contributed by atoms with van der Waals surface area (Å²) in [5.41, 5.74) is 10.4. The molecule has 1 aliphatic heterocycles. The molecule has 5 heteroatoms. The van der Waals surface area contributed by atoms with Crippen LogP contribution in [0.2, 0.25) is 0 Å². The lowest BCUT2D eigenvalue weighted by atomic mass is 10.0. The Labute approximate surface area is 152 Å². The lowest BCUT2D eigenvalue weighted by molar-refractivity contribution is 0.123.